The fourth-order valence-corrected chi connectivity index (χ4v) is 4.94. The standard InChI is InChI=1S/C27H39N3O4S/c1-19(2)28-27(32)23(6)29(18-24-12-9-8-11-21(24)4)26(31)13-10-16-30(35(7,33)34)25-17-20(3)14-15-22(25)5/h8-9,11-12,14-15,17,19,23H,10,13,16,18H2,1-7H3,(H,28,32)/t23-/m1/s1. The lowest BCUT2D eigenvalue weighted by molar-refractivity contribution is -0.140. The number of hydrogen-bond donors (Lipinski definition) is 1. The first-order valence-electron chi connectivity index (χ1n) is 12.0. The van der Waals surface area contributed by atoms with Gasteiger partial charge >= 0.3 is 0 Å². The Morgan fingerprint density at radius 2 is 1.63 bits per heavy atom. The third kappa shape index (κ3) is 8.09. The van der Waals surface area contributed by atoms with E-state index in [1.54, 1.807) is 11.8 Å². The number of amides is 2. The Kier molecular flexibility index (Phi) is 9.89. The van der Waals surface area contributed by atoms with Gasteiger partial charge in [0.2, 0.25) is 21.8 Å². The fourth-order valence-electron chi connectivity index (χ4n) is 3.93. The van der Waals surface area contributed by atoms with Crippen LogP contribution in [0.5, 0.6) is 0 Å². The summed E-state index contributed by atoms with van der Waals surface area (Å²) in [5.41, 5.74) is 4.46. The highest BCUT2D eigenvalue weighted by atomic mass is 32.2. The molecule has 8 heteroatoms. The van der Waals surface area contributed by atoms with Gasteiger partial charge in [0.15, 0.2) is 0 Å². The van der Waals surface area contributed by atoms with Crippen molar-refractivity contribution >= 4 is 27.5 Å². The molecule has 0 saturated carbocycles. The maximum Gasteiger partial charge on any atom is 0.242 e. The molecule has 0 radical (unpaired) electrons. The van der Waals surface area contributed by atoms with Gasteiger partial charge in [-0.15, -0.1) is 0 Å². The van der Waals surface area contributed by atoms with Crippen LogP contribution in [0, 0.1) is 20.8 Å². The van der Waals surface area contributed by atoms with Crippen LogP contribution in [-0.4, -0.2) is 50.0 Å². The number of carbonyl (C=O) groups excluding carboxylic acids is 2. The Balaban J connectivity index is 2.22. The van der Waals surface area contributed by atoms with Crippen molar-refractivity contribution in [1.29, 1.82) is 0 Å². The van der Waals surface area contributed by atoms with E-state index in [-0.39, 0.29) is 30.8 Å². The Labute approximate surface area is 210 Å². The summed E-state index contributed by atoms with van der Waals surface area (Å²) in [6, 6.07) is 12.8. The topological polar surface area (TPSA) is 86.8 Å². The molecule has 0 aromatic heterocycles. The maximum absolute atomic E-state index is 13.4. The summed E-state index contributed by atoms with van der Waals surface area (Å²) in [5.74, 6) is -0.399. The molecule has 2 aromatic carbocycles. The second-order valence-corrected chi connectivity index (χ2v) is 11.4. The summed E-state index contributed by atoms with van der Waals surface area (Å²) < 4.78 is 26.5. The molecule has 2 aromatic rings. The molecule has 1 N–H and O–H groups in total. The van der Waals surface area contributed by atoms with E-state index >= 15 is 0 Å². The number of nitrogens with zero attached hydrogens (tertiary/aromatic N) is 2. The molecular weight excluding hydrogens is 462 g/mol. The molecule has 35 heavy (non-hydrogen) atoms. The van der Waals surface area contributed by atoms with Gasteiger partial charge in [-0.1, -0.05) is 36.4 Å². The zero-order valence-electron chi connectivity index (χ0n) is 22.0. The molecule has 0 aliphatic rings. The lowest BCUT2D eigenvalue weighted by Gasteiger charge is -2.30. The molecule has 0 heterocycles. The molecule has 0 saturated heterocycles. The molecule has 192 valence electrons. The first-order chi connectivity index (χ1) is 16.3. The van der Waals surface area contributed by atoms with Crippen molar-refractivity contribution < 1.29 is 18.0 Å². The quantitative estimate of drug-likeness (QED) is 0.502. The van der Waals surface area contributed by atoms with Crippen molar-refractivity contribution in [2.24, 2.45) is 0 Å². The highest BCUT2D eigenvalue weighted by molar-refractivity contribution is 7.92. The second kappa shape index (κ2) is 12.2. The van der Waals surface area contributed by atoms with E-state index in [1.807, 2.05) is 77.1 Å². The smallest absolute Gasteiger partial charge is 0.242 e. The normalized spacial score (nSPS) is 12.3. The van der Waals surface area contributed by atoms with Gasteiger partial charge in [-0.3, -0.25) is 13.9 Å². The zero-order valence-corrected chi connectivity index (χ0v) is 22.8. The Morgan fingerprint density at radius 3 is 2.23 bits per heavy atom. The fraction of sp³-hybridized carbons (Fsp3) is 0.481. The number of hydrogen-bond acceptors (Lipinski definition) is 4. The molecule has 2 rings (SSSR count). The second-order valence-electron chi connectivity index (χ2n) is 9.52. The minimum atomic E-state index is -3.53. The Hall–Kier alpha value is -2.87. The number of rotatable bonds is 11. The minimum absolute atomic E-state index is 0.0405. The van der Waals surface area contributed by atoms with E-state index in [0.29, 0.717) is 18.7 Å². The third-order valence-corrected chi connectivity index (χ3v) is 7.17. The van der Waals surface area contributed by atoms with E-state index in [9.17, 15) is 18.0 Å². The van der Waals surface area contributed by atoms with Gasteiger partial charge in [-0.25, -0.2) is 8.42 Å². The van der Waals surface area contributed by atoms with E-state index in [0.717, 1.165) is 22.3 Å². The van der Waals surface area contributed by atoms with Crippen molar-refractivity contribution in [3.63, 3.8) is 0 Å². The molecule has 0 bridgehead atoms. The molecule has 1 atom stereocenters. The van der Waals surface area contributed by atoms with Crippen LogP contribution in [0.4, 0.5) is 5.69 Å². The van der Waals surface area contributed by atoms with Crippen LogP contribution in [0.25, 0.3) is 0 Å². The van der Waals surface area contributed by atoms with E-state index in [4.69, 9.17) is 0 Å². The van der Waals surface area contributed by atoms with Crippen molar-refractivity contribution in [1.82, 2.24) is 10.2 Å². The molecule has 0 aliphatic heterocycles. The summed E-state index contributed by atoms with van der Waals surface area (Å²) in [5, 5.41) is 2.89. The number of benzene rings is 2. The maximum atomic E-state index is 13.4. The monoisotopic (exact) mass is 501 g/mol. The zero-order chi connectivity index (χ0) is 26.3. The summed E-state index contributed by atoms with van der Waals surface area (Å²) in [6.07, 6.45) is 1.64. The van der Waals surface area contributed by atoms with E-state index < -0.39 is 16.1 Å². The van der Waals surface area contributed by atoms with Crippen LogP contribution in [0.3, 0.4) is 0 Å². The van der Waals surface area contributed by atoms with E-state index in [1.165, 1.54) is 10.6 Å². The van der Waals surface area contributed by atoms with Gasteiger partial charge in [0.1, 0.15) is 6.04 Å². The highest BCUT2D eigenvalue weighted by Gasteiger charge is 2.27. The lowest BCUT2D eigenvalue weighted by atomic mass is 10.1. The average Bonchev–Trinajstić information content (AvgIpc) is 2.76. The molecule has 7 nitrogen and oxygen atoms in total. The number of sulfonamides is 1. The largest absolute Gasteiger partial charge is 0.352 e. The summed E-state index contributed by atoms with van der Waals surface area (Å²) in [4.78, 5) is 27.7. The Morgan fingerprint density at radius 1 is 0.971 bits per heavy atom. The van der Waals surface area contributed by atoms with Crippen LogP contribution < -0.4 is 9.62 Å². The highest BCUT2D eigenvalue weighted by Crippen LogP contribution is 2.25. The van der Waals surface area contributed by atoms with Gasteiger partial charge in [0.05, 0.1) is 11.9 Å². The number of anilines is 1. The first-order valence-corrected chi connectivity index (χ1v) is 13.9. The number of carbonyl (C=O) groups is 2. The molecule has 0 aliphatic carbocycles. The lowest BCUT2D eigenvalue weighted by Crippen LogP contribution is -2.49. The van der Waals surface area contributed by atoms with Crippen molar-refractivity contribution in [2.75, 3.05) is 17.1 Å². The number of aryl methyl sites for hydroxylation is 3. The van der Waals surface area contributed by atoms with Gasteiger partial charge in [0, 0.05) is 25.6 Å². The molecular formula is C27H39N3O4S. The van der Waals surface area contributed by atoms with Crippen LogP contribution in [-0.2, 0) is 26.2 Å². The van der Waals surface area contributed by atoms with Crippen LogP contribution in [0.2, 0.25) is 0 Å². The van der Waals surface area contributed by atoms with E-state index in [2.05, 4.69) is 5.32 Å². The van der Waals surface area contributed by atoms with Crippen molar-refractivity contribution in [3.05, 3.63) is 64.7 Å². The van der Waals surface area contributed by atoms with Crippen molar-refractivity contribution in [3.8, 4) is 0 Å². The SMILES string of the molecule is Cc1ccc(C)c(N(CCCC(=O)N(Cc2ccccc2C)[C@H](C)C(=O)NC(C)C)S(C)(=O)=O)c1. The summed E-state index contributed by atoms with van der Waals surface area (Å²) in [6.45, 7) is 11.7. The predicted molar refractivity (Wildman–Crippen MR) is 142 cm³/mol. The minimum Gasteiger partial charge on any atom is -0.352 e. The van der Waals surface area contributed by atoms with Gasteiger partial charge in [-0.05, 0) is 76.3 Å². The van der Waals surface area contributed by atoms with Gasteiger partial charge in [0.25, 0.3) is 0 Å². The molecule has 2 amide bonds. The summed E-state index contributed by atoms with van der Waals surface area (Å²) in [7, 11) is -3.53. The van der Waals surface area contributed by atoms with Crippen LogP contribution in [0.1, 0.15) is 55.9 Å². The third-order valence-electron chi connectivity index (χ3n) is 5.99. The molecule has 0 fully saturated rings. The predicted octanol–water partition coefficient (Wildman–Crippen LogP) is 4.10. The van der Waals surface area contributed by atoms with Crippen LogP contribution in [0.15, 0.2) is 42.5 Å². The van der Waals surface area contributed by atoms with Gasteiger partial charge < -0.3 is 10.2 Å². The van der Waals surface area contributed by atoms with Gasteiger partial charge in [-0.2, -0.15) is 0 Å². The van der Waals surface area contributed by atoms with Crippen molar-refractivity contribution in [2.45, 2.75) is 73.0 Å². The average molecular weight is 502 g/mol. The molecule has 0 unspecified atom stereocenters. The molecule has 0 spiro atoms. The number of nitrogens with one attached hydrogen (secondary N) is 1. The summed E-state index contributed by atoms with van der Waals surface area (Å²) >= 11 is 0. The first kappa shape index (κ1) is 28.4. The van der Waals surface area contributed by atoms with Crippen LogP contribution >= 0.6 is 0 Å². The Bertz CT molecular complexity index is 1140.